The highest BCUT2D eigenvalue weighted by molar-refractivity contribution is 7.89. The number of carbonyl (C=O) groups is 1. The summed E-state index contributed by atoms with van der Waals surface area (Å²) in [4.78, 5) is 12.7. The number of benzene rings is 2. The van der Waals surface area contributed by atoms with Crippen molar-refractivity contribution >= 4 is 21.9 Å². The molecule has 1 aromatic heterocycles. The maximum Gasteiger partial charge on any atom is 0.322 e. The monoisotopic (exact) mass is 468 g/mol. The van der Waals surface area contributed by atoms with Crippen molar-refractivity contribution in [3.8, 4) is 0 Å². The molecule has 0 spiro atoms. The maximum absolute atomic E-state index is 12.8. The molecule has 0 atom stereocenters. The lowest BCUT2D eigenvalue weighted by atomic mass is 10.0. The third kappa shape index (κ3) is 5.48. The second-order valence-electron chi connectivity index (χ2n) is 8.52. The van der Waals surface area contributed by atoms with E-state index in [-0.39, 0.29) is 10.9 Å². The van der Waals surface area contributed by atoms with Gasteiger partial charge in [-0.2, -0.15) is 4.31 Å². The molecule has 4 rings (SSSR count). The Morgan fingerprint density at radius 1 is 1.00 bits per heavy atom. The Morgan fingerprint density at radius 3 is 2.30 bits per heavy atom. The molecule has 3 aromatic rings. The lowest BCUT2D eigenvalue weighted by Crippen LogP contribution is -2.35. The van der Waals surface area contributed by atoms with Crippen LogP contribution in [0, 0.1) is 0 Å². The van der Waals surface area contributed by atoms with Crippen LogP contribution in [-0.4, -0.2) is 41.9 Å². The number of amides is 1. The number of rotatable bonds is 7. The van der Waals surface area contributed by atoms with Crippen molar-refractivity contribution in [3.63, 3.8) is 0 Å². The summed E-state index contributed by atoms with van der Waals surface area (Å²) in [7, 11) is -3.54. The van der Waals surface area contributed by atoms with Crippen LogP contribution >= 0.6 is 0 Å². The topological polar surface area (TPSA) is 105 Å². The minimum absolute atomic E-state index is 0.00110. The Morgan fingerprint density at radius 2 is 1.67 bits per heavy atom. The predicted octanol–water partition coefficient (Wildman–Crippen LogP) is 4.21. The number of anilines is 1. The van der Waals surface area contributed by atoms with Gasteiger partial charge in [-0.15, -0.1) is 5.10 Å². The standard InChI is InChI=1S/C24H28N4O4S/c1-17(2)19-8-6-18(7-9-19)16-22-26-27-24(32-22)25-23(29)20-10-12-21(13-11-20)33(30,31)28-14-4-3-5-15-28/h6-13,17H,3-5,14-16H2,1-2H3,(H,25,27,29). The molecule has 2 aromatic carbocycles. The molecule has 0 saturated carbocycles. The molecule has 0 aliphatic carbocycles. The van der Waals surface area contributed by atoms with Gasteiger partial charge in [-0.25, -0.2) is 8.42 Å². The number of aromatic nitrogens is 2. The fraction of sp³-hybridized carbons (Fsp3) is 0.375. The number of carbonyl (C=O) groups excluding carboxylic acids is 1. The van der Waals surface area contributed by atoms with Crippen LogP contribution in [0.3, 0.4) is 0 Å². The van der Waals surface area contributed by atoms with Crippen molar-refractivity contribution in [1.82, 2.24) is 14.5 Å². The summed E-state index contributed by atoms with van der Waals surface area (Å²) in [5, 5.41) is 10.5. The maximum atomic E-state index is 12.8. The van der Waals surface area contributed by atoms with Crippen LogP contribution in [0.15, 0.2) is 57.8 Å². The highest BCUT2D eigenvalue weighted by Gasteiger charge is 2.26. The van der Waals surface area contributed by atoms with Crippen molar-refractivity contribution in [2.75, 3.05) is 18.4 Å². The first-order valence-corrected chi connectivity index (χ1v) is 12.6. The summed E-state index contributed by atoms with van der Waals surface area (Å²) in [6.07, 6.45) is 3.25. The number of hydrogen-bond acceptors (Lipinski definition) is 6. The van der Waals surface area contributed by atoms with Crippen LogP contribution in [0.1, 0.15) is 66.4 Å². The summed E-state index contributed by atoms with van der Waals surface area (Å²) >= 11 is 0. The van der Waals surface area contributed by atoms with E-state index in [0.29, 0.717) is 36.9 Å². The molecule has 9 heteroatoms. The van der Waals surface area contributed by atoms with Gasteiger partial charge in [-0.1, -0.05) is 49.6 Å². The second kappa shape index (κ2) is 9.84. The minimum atomic E-state index is -3.54. The van der Waals surface area contributed by atoms with Gasteiger partial charge in [-0.3, -0.25) is 10.1 Å². The number of piperidine rings is 1. The third-order valence-corrected chi connectivity index (χ3v) is 7.67. The number of nitrogens with one attached hydrogen (secondary N) is 1. The first kappa shape index (κ1) is 23.1. The van der Waals surface area contributed by atoms with Gasteiger partial charge >= 0.3 is 6.01 Å². The number of nitrogens with zero attached hydrogens (tertiary/aromatic N) is 3. The fourth-order valence-corrected chi connectivity index (χ4v) is 5.29. The zero-order valence-corrected chi connectivity index (χ0v) is 19.6. The number of hydrogen-bond donors (Lipinski definition) is 1. The Bertz CT molecular complexity index is 1200. The molecule has 0 unspecified atom stereocenters. The summed E-state index contributed by atoms with van der Waals surface area (Å²) in [6, 6.07) is 14.1. The zero-order chi connectivity index (χ0) is 23.4. The Kier molecular flexibility index (Phi) is 6.90. The average molecular weight is 469 g/mol. The van der Waals surface area contributed by atoms with Crippen LogP contribution in [0.2, 0.25) is 0 Å². The molecule has 1 saturated heterocycles. The molecular weight excluding hydrogens is 440 g/mol. The summed E-state index contributed by atoms with van der Waals surface area (Å²) in [5.74, 6) is 0.405. The zero-order valence-electron chi connectivity index (χ0n) is 18.8. The predicted molar refractivity (Wildman–Crippen MR) is 125 cm³/mol. The SMILES string of the molecule is CC(C)c1ccc(Cc2nnc(NC(=O)c3ccc(S(=O)(=O)N4CCCCC4)cc3)o2)cc1. The highest BCUT2D eigenvalue weighted by atomic mass is 32.2. The van der Waals surface area contributed by atoms with E-state index in [9.17, 15) is 13.2 Å². The minimum Gasteiger partial charge on any atom is -0.407 e. The van der Waals surface area contributed by atoms with Crippen molar-refractivity contribution in [1.29, 1.82) is 0 Å². The van der Waals surface area contributed by atoms with E-state index in [1.807, 2.05) is 12.1 Å². The highest BCUT2D eigenvalue weighted by Crippen LogP contribution is 2.21. The van der Waals surface area contributed by atoms with Gasteiger partial charge in [0.25, 0.3) is 5.91 Å². The summed E-state index contributed by atoms with van der Waals surface area (Å²) in [6.45, 7) is 5.35. The van der Waals surface area contributed by atoms with Crippen LogP contribution in [0.5, 0.6) is 0 Å². The molecule has 8 nitrogen and oxygen atoms in total. The number of sulfonamides is 1. The average Bonchev–Trinajstić information content (AvgIpc) is 3.26. The smallest absolute Gasteiger partial charge is 0.322 e. The molecule has 174 valence electrons. The van der Waals surface area contributed by atoms with E-state index in [0.717, 1.165) is 24.8 Å². The van der Waals surface area contributed by atoms with Gasteiger partial charge < -0.3 is 4.42 Å². The largest absolute Gasteiger partial charge is 0.407 e. The second-order valence-corrected chi connectivity index (χ2v) is 10.5. The van der Waals surface area contributed by atoms with Gasteiger partial charge in [0.1, 0.15) is 0 Å². The van der Waals surface area contributed by atoms with E-state index < -0.39 is 15.9 Å². The van der Waals surface area contributed by atoms with Crippen molar-refractivity contribution < 1.29 is 17.6 Å². The molecule has 1 N–H and O–H groups in total. The van der Waals surface area contributed by atoms with Crippen LogP contribution in [0.4, 0.5) is 6.01 Å². The van der Waals surface area contributed by atoms with Crippen LogP contribution in [-0.2, 0) is 16.4 Å². The Labute approximate surface area is 194 Å². The molecule has 1 aliphatic rings. The first-order valence-electron chi connectivity index (χ1n) is 11.2. The quantitative estimate of drug-likeness (QED) is 0.557. The lowest BCUT2D eigenvalue weighted by Gasteiger charge is -2.25. The van der Waals surface area contributed by atoms with Crippen LogP contribution in [0.25, 0.3) is 0 Å². The van der Waals surface area contributed by atoms with Crippen molar-refractivity contribution in [3.05, 3.63) is 71.1 Å². The summed E-state index contributed by atoms with van der Waals surface area (Å²) in [5.41, 5.74) is 2.59. The summed E-state index contributed by atoms with van der Waals surface area (Å²) < 4.78 is 32.6. The van der Waals surface area contributed by atoms with Gasteiger partial charge in [0, 0.05) is 18.7 Å². The third-order valence-electron chi connectivity index (χ3n) is 5.76. The molecule has 1 fully saturated rings. The van der Waals surface area contributed by atoms with Gasteiger partial charge in [0.2, 0.25) is 15.9 Å². The van der Waals surface area contributed by atoms with Gasteiger partial charge in [0.05, 0.1) is 11.3 Å². The van der Waals surface area contributed by atoms with Gasteiger partial charge in [0.15, 0.2) is 0 Å². The van der Waals surface area contributed by atoms with E-state index in [4.69, 9.17) is 4.42 Å². The fourth-order valence-electron chi connectivity index (χ4n) is 3.77. The van der Waals surface area contributed by atoms with Crippen molar-refractivity contribution in [2.45, 2.75) is 50.3 Å². The molecule has 2 heterocycles. The van der Waals surface area contributed by atoms with E-state index in [1.165, 1.54) is 34.1 Å². The Balaban J connectivity index is 1.38. The Hall–Kier alpha value is -3.04. The molecule has 0 bridgehead atoms. The van der Waals surface area contributed by atoms with Crippen molar-refractivity contribution in [2.24, 2.45) is 0 Å². The molecule has 0 radical (unpaired) electrons. The molecule has 1 amide bonds. The van der Waals surface area contributed by atoms with E-state index in [2.05, 4.69) is 41.5 Å². The van der Waals surface area contributed by atoms with Gasteiger partial charge in [-0.05, 0) is 54.2 Å². The van der Waals surface area contributed by atoms with Crippen LogP contribution < -0.4 is 5.32 Å². The van der Waals surface area contributed by atoms with E-state index >= 15 is 0 Å². The first-order chi connectivity index (χ1) is 15.8. The molecule has 1 aliphatic heterocycles. The normalized spacial score (nSPS) is 15.0. The van der Waals surface area contributed by atoms with E-state index in [1.54, 1.807) is 0 Å². The molecule has 33 heavy (non-hydrogen) atoms. The lowest BCUT2D eigenvalue weighted by molar-refractivity contribution is 0.102. The molecular formula is C24H28N4O4S.